The fraction of sp³-hybridized carbons (Fsp3) is 0.533. The molecule has 0 amide bonds. The van der Waals surface area contributed by atoms with Crippen LogP contribution in [-0.4, -0.2) is 12.1 Å². The Bertz CT molecular complexity index is 417. The third-order valence-corrected chi connectivity index (χ3v) is 3.95. The molecule has 0 bridgehead atoms. The first-order valence-electron chi connectivity index (χ1n) is 6.69. The molecule has 0 heterocycles. The Morgan fingerprint density at radius 1 is 1.44 bits per heavy atom. The van der Waals surface area contributed by atoms with Crippen molar-refractivity contribution in [3.05, 3.63) is 29.8 Å². The highest BCUT2D eigenvalue weighted by molar-refractivity contribution is 7.80. The summed E-state index contributed by atoms with van der Waals surface area (Å²) in [6, 6.07) is 7.22. The van der Waals surface area contributed by atoms with Crippen molar-refractivity contribution in [3.8, 4) is 0 Å². The van der Waals surface area contributed by atoms with Gasteiger partial charge in [-0.25, -0.2) is 4.79 Å². The fourth-order valence-electron chi connectivity index (χ4n) is 2.57. The minimum Gasteiger partial charge on any atom is -0.459 e. The molecule has 1 aromatic carbocycles. The van der Waals surface area contributed by atoms with E-state index in [9.17, 15) is 4.79 Å². The number of benzene rings is 1. The second-order valence-corrected chi connectivity index (χ2v) is 5.53. The molecule has 0 saturated heterocycles. The molecule has 2 rings (SSSR count). The number of ether oxygens (including phenoxy) is 1. The molecule has 1 fully saturated rings. The number of hydrogen-bond acceptors (Lipinski definition) is 3. The van der Waals surface area contributed by atoms with Crippen molar-refractivity contribution in [2.75, 3.05) is 0 Å². The van der Waals surface area contributed by atoms with Crippen LogP contribution in [0.5, 0.6) is 0 Å². The van der Waals surface area contributed by atoms with E-state index >= 15 is 0 Å². The molecule has 1 aliphatic carbocycles. The Morgan fingerprint density at radius 2 is 2.28 bits per heavy atom. The van der Waals surface area contributed by atoms with Crippen molar-refractivity contribution in [2.45, 2.75) is 50.0 Å². The van der Waals surface area contributed by atoms with Crippen LogP contribution in [0.2, 0.25) is 0 Å². The third kappa shape index (κ3) is 3.52. The third-order valence-electron chi connectivity index (χ3n) is 3.67. The van der Waals surface area contributed by atoms with Crippen LogP contribution in [0.4, 0.5) is 0 Å². The topological polar surface area (TPSA) is 26.3 Å². The normalized spacial score (nSPS) is 23.7. The number of thiol groups is 1. The second-order valence-electron chi connectivity index (χ2n) is 5.02. The van der Waals surface area contributed by atoms with Crippen molar-refractivity contribution in [2.24, 2.45) is 5.92 Å². The van der Waals surface area contributed by atoms with E-state index in [-0.39, 0.29) is 12.1 Å². The molecule has 0 spiro atoms. The smallest absolute Gasteiger partial charge is 0.338 e. The summed E-state index contributed by atoms with van der Waals surface area (Å²) in [6.45, 7) is 2.21. The van der Waals surface area contributed by atoms with Gasteiger partial charge in [0.25, 0.3) is 0 Å². The van der Waals surface area contributed by atoms with Gasteiger partial charge < -0.3 is 4.74 Å². The second kappa shape index (κ2) is 6.28. The zero-order valence-corrected chi connectivity index (χ0v) is 11.7. The lowest BCUT2D eigenvalue weighted by molar-refractivity contribution is 0.0139. The fourth-order valence-corrected chi connectivity index (χ4v) is 2.80. The lowest BCUT2D eigenvalue weighted by Crippen LogP contribution is -2.25. The van der Waals surface area contributed by atoms with E-state index in [0.717, 1.165) is 17.7 Å². The van der Waals surface area contributed by atoms with Crippen molar-refractivity contribution >= 4 is 18.6 Å². The van der Waals surface area contributed by atoms with Gasteiger partial charge in [0.05, 0.1) is 5.56 Å². The van der Waals surface area contributed by atoms with Crippen LogP contribution in [0.25, 0.3) is 0 Å². The minimum absolute atomic E-state index is 0.0970. The van der Waals surface area contributed by atoms with Crippen molar-refractivity contribution in [3.63, 3.8) is 0 Å². The molecule has 1 saturated carbocycles. The number of hydrogen-bond donors (Lipinski definition) is 1. The standard InChI is InChI=1S/C15H20O2S/c1-2-11-5-3-7-13(9-11)17-15(16)12-6-4-8-14(18)10-12/h4,6,8,10-11,13,18H,2-3,5,7,9H2,1H3. The molecule has 2 nitrogen and oxygen atoms in total. The Labute approximate surface area is 114 Å². The van der Waals surface area contributed by atoms with E-state index in [4.69, 9.17) is 4.74 Å². The van der Waals surface area contributed by atoms with Crippen LogP contribution in [0.15, 0.2) is 29.2 Å². The summed E-state index contributed by atoms with van der Waals surface area (Å²) in [5, 5.41) is 0. The van der Waals surface area contributed by atoms with Gasteiger partial charge in [-0.1, -0.05) is 25.8 Å². The Kier molecular flexibility index (Phi) is 4.70. The average Bonchev–Trinajstić information content (AvgIpc) is 2.39. The molecule has 98 valence electrons. The van der Waals surface area contributed by atoms with E-state index in [0.29, 0.717) is 11.5 Å². The van der Waals surface area contributed by atoms with Gasteiger partial charge in [0.1, 0.15) is 6.10 Å². The zero-order chi connectivity index (χ0) is 13.0. The lowest BCUT2D eigenvalue weighted by Gasteiger charge is -2.28. The van der Waals surface area contributed by atoms with Crippen molar-refractivity contribution in [1.29, 1.82) is 0 Å². The van der Waals surface area contributed by atoms with E-state index in [2.05, 4.69) is 19.6 Å². The molecule has 1 aliphatic rings. The van der Waals surface area contributed by atoms with Gasteiger partial charge in [-0.3, -0.25) is 0 Å². The van der Waals surface area contributed by atoms with Crippen LogP contribution >= 0.6 is 12.6 Å². The Hall–Kier alpha value is -0.960. The van der Waals surface area contributed by atoms with Gasteiger partial charge >= 0.3 is 5.97 Å². The lowest BCUT2D eigenvalue weighted by atomic mass is 9.85. The molecular formula is C15H20O2S. The molecule has 3 heteroatoms. The van der Waals surface area contributed by atoms with Gasteiger partial charge in [0, 0.05) is 4.90 Å². The molecule has 0 radical (unpaired) electrons. The van der Waals surface area contributed by atoms with Crippen molar-refractivity contribution < 1.29 is 9.53 Å². The Morgan fingerprint density at radius 3 is 3.00 bits per heavy atom. The van der Waals surface area contributed by atoms with E-state index in [1.54, 1.807) is 12.1 Å². The van der Waals surface area contributed by atoms with E-state index in [1.807, 2.05) is 12.1 Å². The summed E-state index contributed by atoms with van der Waals surface area (Å²) in [7, 11) is 0. The van der Waals surface area contributed by atoms with Crippen LogP contribution < -0.4 is 0 Å². The first-order chi connectivity index (χ1) is 8.69. The maximum absolute atomic E-state index is 12.0. The zero-order valence-electron chi connectivity index (χ0n) is 10.8. The minimum atomic E-state index is -0.215. The predicted molar refractivity (Wildman–Crippen MR) is 75.1 cm³/mol. The largest absolute Gasteiger partial charge is 0.459 e. The summed E-state index contributed by atoms with van der Waals surface area (Å²) >= 11 is 4.24. The SMILES string of the molecule is CCC1CCCC(OC(=O)c2cccc(S)c2)C1. The highest BCUT2D eigenvalue weighted by Gasteiger charge is 2.24. The summed E-state index contributed by atoms with van der Waals surface area (Å²) < 4.78 is 5.59. The summed E-state index contributed by atoms with van der Waals surface area (Å²) in [5.41, 5.74) is 0.598. The average molecular weight is 264 g/mol. The first kappa shape index (κ1) is 13.5. The number of rotatable bonds is 3. The van der Waals surface area contributed by atoms with Crippen LogP contribution in [0.3, 0.4) is 0 Å². The monoisotopic (exact) mass is 264 g/mol. The van der Waals surface area contributed by atoms with E-state index < -0.39 is 0 Å². The molecule has 2 unspecified atom stereocenters. The maximum Gasteiger partial charge on any atom is 0.338 e. The molecule has 2 atom stereocenters. The molecule has 0 aromatic heterocycles. The summed E-state index contributed by atoms with van der Waals surface area (Å²) in [5.74, 6) is 0.500. The number of carbonyl (C=O) groups excluding carboxylic acids is 1. The van der Waals surface area contributed by atoms with Gasteiger partial charge in [0.2, 0.25) is 0 Å². The number of carbonyl (C=O) groups is 1. The molecule has 1 aromatic rings. The van der Waals surface area contributed by atoms with Crippen LogP contribution in [0, 0.1) is 5.92 Å². The highest BCUT2D eigenvalue weighted by Crippen LogP contribution is 2.29. The molecule has 0 aliphatic heterocycles. The summed E-state index contributed by atoms with van der Waals surface area (Å²) in [4.78, 5) is 12.8. The van der Waals surface area contributed by atoms with Gasteiger partial charge in [0.15, 0.2) is 0 Å². The van der Waals surface area contributed by atoms with Crippen LogP contribution in [-0.2, 0) is 4.74 Å². The highest BCUT2D eigenvalue weighted by atomic mass is 32.1. The number of esters is 1. The quantitative estimate of drug-likeness (QED) is 0.657. The predicted octanol–water partition coefficient (Wildman–Crippen LogP) is 4.10. The molecule has 0 N–H and O–H groups in total. The van der Waals surface area contributed by atoms with Crippen LogP contribution in [0.1, 0.15) is 49.4 Å². The molecular weight excluding hydrogens is 244 g/mol. The van der Waals surface area contributed by atoms with Gasteiger partial charge in [-0.2, -0.15) is 0 Å². The van der Waals surface area contributed by atoms with Gasteiger partial charge in [-0.05, 0) is 43.4 Å². The van der Waals surface area contributed by atoms with E-state index in [1.165, 1.54) is 19.3 Å². The summed E-state index contributed by atoms with van der Waals surface area (Å²) in [6.07, 6.45) is 5.74. The maximum atomic E-state index is 12.0. The Balaban J connectivity index is 1.95. The first-order valence-corrected chi connectivity index (χ1v) is 7.13. The molecule has 18 heavy (non-hydrogen) atoms. The van der Waals surface area contributed by atoms with Gasteiger partial charge in [-0.15, -0.1) is 12.6 Å². The van der Waals surface area contributed by atoms with Crippen molar-refractivity contribution in [1.82, 2.24) is 0 Å².